The first-order valence-corrected chi connectivity index (χ1v) is 9.88. The van der Waals surface area contributed by atoms with Crippen molar-refractivity contribution in [2.75, 3.05) is 13.7 Å². The number of amides is 1. The third-order valence-corrected chi connectivity index (χ3v) is 4.82. The van der Waals surface area contributed by atoms with Crippen molar-refractivity contribution in [2.45, 2.75) is 13.0 Å². The summed E-state index contributed by atoms with van der Waals surface area (Å²) in [7, 11) is 1.61. The van der Waals surface area contributed by atoms with Crippen LogP contribution in [0.25, 0.3) is 33.5 Å². The number of fused-ring (bicyclic) bond motifs is 1. The minimum atomic E-state index is -0.156. The van der Waals surface area contributed by atoms with E-state index in [4.69, 9.17) is 14.7 Å². The molecule has 4 rings (SSSR count). The molecule has 4 aromatic rings. The predicted molar refractivity (Wildman–Crippen MR) is 119 cm³/mol. The van der Waals surface area contributed by atoms with Crippen LogP contribution in [-0.2, 0) is 4.74 Å². The average molecular weight is 397 g/mol. The molecule has 0 saturated carbocycles. The first-order chi connectivity index (χ1) is 14.7. The molecule has 0 aliphatic heterocycles. The van der Waals surface area contributed by atoms with E-state index in [9.17, 15) is 4.79 Å². The van der Waals surface area contributed by atoms with Crippen LogP contribution in [0.4, 0.5) is 0 Å². The third kappa shape index (κ3) is 4.21. The molecule has 1 N–H and O–H groups in total. The lowest BCUT2D eigenvalue weighted by Crippen LogP contribution is -2.35. The number of ether oxygens (including phenoxy) is 1. The Morgan fingerprint density at radius 2 is 1.43 bits per heavy atom. The third-order valence-electron chi connectivity index (χ3n) is 4.82. The largest absolute Gasteiger partial charge is 0.383 e. The molecule has 5 nitrogen and oxygen atoms in total. The molecule has 0 unspecified atom stereocenters. The summed E-state index contributed by atoms with van der Waals surface area (Å²) >= 11 is 0. The van der Waals surface area contributed by atoms with Gasteiger partial charge in [0.2, 0.25) is 0 Å². The minimum Gasteiger partial charge on any atom is -0.383 e. The smallest absolute Gasteiger partial charge is 0.251 e. The molecule has 0 aliphatic carbocycles. The Hall–Kier alpha value is -3.57. The molecule has 0 spiro atoms. The Morgan fingerprint density at radius 1 is 0.867 bits per heavy atom. The van der Waals surface area contributed by atoms with Crippen molar-refractivity contribution in [1.29, 1.82) is 0 Å². The van der Waals surface area contributed by atoms with Gasteiger partial charge in [0.05, 0.1) is 29.0 Å². The fourth-order valence-electron chi connectivity index (χ4n) is 3.39. The number of nitrogens with one attached hydrogen (secondary N) is 1. The van der Waals surface area contributed by atoms with Gasteiger partial charge in [-0.05, 0) is 25.1 Å². The molecular weight excluding hydrogens is 374 g/mol. The van der Waals surface area contributed by atoms with E-state index < -0.39 is 0 Å². The van der Waals surface area contributed by atoms with E-state index in [-0.39, 0.29) is 11.9 Å². The second kappa shape index (κ2) is 8.84. The highest BCUT2D eigenvalue weighted by Gasteiger charge is 2.15. The molecule has 30 heavy (non-hydrogen) atoms. The second-order valence-electron chi connectivity index (χ2n) is 7.19. The van der Waals surface area contributed by atoms with Gasteiger partial charge in [0.15, 0.2) is 0 Å². The SMILES string of the molecule is COC[C@H](C)NC(=O)c1ccc2nc(-c3ccccc3)c(-c3ccccc3)nc2c1. The summed E-state index contributed by atoms with van der Waals surface area (Å²) in [6.07, 6.45) is 0. The van der Waals surface area contributed by atoms with E-state index in [0.717, 1.165) is 28.0 Å². The van der Waals surface area contributed by atoms with E-state index in [0.29, 0.717) is 17.7 Å². The molecule has 0 bridgehead atoms. The fourth-order valence-corrected chi connectivity index (χ4v) is 3.39. The zero-order chi connectivity index (χ0) is 20.9. The number of methoxy groups -OCH3 is 1. The number of hydrogen-bond acceptors (Lipinski definition) is 4. The lowest BCUT2D eigenvalue weighted by atomic mass is 10.0. The number of carbonyl (C=O) groups is 1. The molecule has 0 fully saturated rings. The molecule has 0 radical (unpaired) electrons. The second-order valence-corrected chi connectivity index (χ2v) is 7.19. The molecule has 0 aliphatic rings. The fraction of sp³-hybridized carbons (Fsp3) is 0.160. The van der Waals surface area contributed by atoms with Gasteiger partial charge in [-0.25, -0.2) is 9.97 Å². The van der Waals surface area contributed by atoms with Crippen molar-refractivity contribution in [3.63, 3.8) is 0 Å². The Bertz CT molecular complexity index is 1160. The molecule has 1 aromatic heterocycles. The van der Waals surface area contributed by atoms with Gasteiger partial charge in [-0.15, -0.1) is 0 Å². The summed E-state index contributed by atoms with van der Waals surface area (Å²) in [6.45, 7) is 2.36. The quantitative estimate of drug-likeness (QED) is 0.511. The number of benzene rings is 3. The van der Waals surface area contributed by atoms with Gasteiger partial charge in [0.1, 0.15) is 0 Å². The van der Waals surface area contributed by atoms with Gasteiger partial charge in [0, 0.05) is 29.8 Å². The van der Waals surface area contributed by atoms with Crippen molar-refractivity contribution in [3.05, 3.63) is 84.4 Å². The average Bonchev–Trinajstić information content (AvgIpc) is 2.79. The van der Waals surface area contributed by atoms with Crippen molar-refractivity contribution in [2.24, 2.45) is 0 Å². The van der Waals surface area contributed by atoms with E-state index in [1.165, 1.54) is 0 Å². The summed E-state index contributed by atoms with van der Waals surface area (Å²) in [4.78, 5) is 22.4. The Labute approximate surface area is 175 Å². The monoisotopic (exact) mass is 397 g/mol. The van der Waals surface area contributed by atoms with Crippen LogP contribution < -0.4 is 5.32 Å². The number of aromatic nitrogens is 2. The van der Waals surface area contributed by atoms with Crippen LogP contribution in [0.2, 0.25) is 0 Å². The van der Waals surface area contributed by atoms with Gasteiger partial charge in [-0.2, -0.15) is 0 Å². The summed E-state index contributed by atoms with van der Waals surface area (Å²) in [6, 6.07) is 25.3. The number of nitrogens with zero attached hydrogens (tertiary/aromatic N) is 2. The predicted octanol–water partition coefficient (Wildman–Crippen LogP) is 4.73. The summed E-state index contributed by atoms with van der Waals surface area (Å²) in [5.41, 5.74) is 5.57. The first kappa shape index (κ1) is 19.7. The zero-order valence-corrected chi connectivity index (χ0v) is 17.0. The standard InChI is InChI=1S/C25H23N3O2/c1-17(16-30-2)26-25(29)20-13-14-21-22(15-20)28-24(19-11-7-4-8-12-19)23(27-21)18-9-5-3-6-10-18/h3-15,17H,16H2,1-2H3,(H,26,29)/t17-/m0/s1. The maximum absolute atomic E-state index is 12.6. The summed E-state index contributed by atoms with van der Waals surface area (Å²) < 4.78 is 5.09. The molecule has 150 valence electrons. The van der Waals surface area contributed by atoms with Crippen LogP contribution in [0.1, 0.15) is 17.3 Å². The van der Waals surface area contributed by atoms with E-state index in [2.05, 4.69) is 5.32 Å². The minimum absolute atomic E-state index is 0.0791. The van der Waals surface area contributed by atoms with Crippen LogP contribution in [-0.4, -0.2) is 35.6 Å². The Morgan fingerprint density at radius 3 is 2.00 bits per heavy atom. The normalized spacial score (nSPS) is 11.9. The zero-order valence-electron chi connectivity index (χ0n) is 17.0. The molecule has 3 aromatic carbocycles. The van der Waals surface area contributed by atoms with Gasteiger partial charge in [-0.1, -0.05) is 60.7 Å². The highest BCUT2D eigenvalue weighted by molar-refractivity contribution is 5.98. The van der Waals surface area contributed by atoms with Crippen molar-refractivity contribution < 1.29 is 9.53 Å². The lowest BCUT2D eigenvalue weighted by molar-refractivity contribution is 0.0905. The highest BCUT2D eigenvalue weighted by Crippen LogP contribution is 2.31. The maximum Gasteiger partial charge on any atom is 0.251 e. The van der Waals surface area contributed by atoms with Crippen LogP contribution in [0, 0.1) is 0 Å². The van der Waals surface area contributed by atoms with Gasteiger partial charge >= 0.3 is 0 Å². The Balaban J connectivity index is 1.81. The van der Waals surface area contributed by atoms with Gasteiger partial charge in [-0.3, -0.25) is 4.79 Å². The highest BCUT2D eigenvalue weighted by atomic mass is 16.5. The van der Waals surface area contributed by atoms with Crippen LogP contribution in [0.15, 0.2) is 78.9 Å². The molecular formula is C25H23N3O2. The topological polar surface area (TPSA) is 64.1 Å². The number of rotatable bonds is 6. The molecule has 1 atom stereocenters. The molecule has 1 amide bonds. The van der Waals surface area contributed by atoms with Crippen molar-refractivity contribution in [1.82, 2.24) is 15.3 Å². The van der Waals surface area contributed by atoms with Gasteiger partial charge in [0.25, 0.3) is 5.91 Å². The van der Waals surface area contributed by atoms with E-state index >= 15 is 0 Å². The Kier molecular flexibility index (Phi) is 5.82. The van der Waals surface area contributed by atoms with Crippen LogP contribution >= 0.6 is 0 Å². The molecule has 1 heterocycles. The first-order valence-electron chi connectivity index (χ1n) is 9.88. The summed E-state index contributed by atoms with van der Waals surface area (Å²) in [5.74, 6) is -0.156. The molecule has 5 heteroatoms. The van der Waals surface area contributed by atoms with Gasteiger partial charge < -0.3 is 10.1 Å². The molecule has 0 saturated heterocycles. The van der Waals surface area contributed by atoms with E-state index in [1.807, 2.05) is 73.7 Å². The number of carbonyl (C=O) groups excluding carboxylic acids is 1. The van der Waals surface area contributed by atoms with Crippen molar-refractivity contribution in [3.8, 4) is 22.5 Å². The van der Waals surface area contributed by atoms with Crippen LogP contribution in [0.3, 0.4) is 0 Å². The van der Waals surface area contributed by atoms with Crippen molar-refractivity contribution >= 4 is 16.9 Å². The van der Waals surface area contributed by atoms with Crippen LogP contribution in [0.5, 0.6) is 0 Å². The van der Waals surface area contributed by atoms with E-state index in [1.54, 1.807) is 19.2 Å². The number of hydrogen-bond donors (Lipinski definition) is 1. The maximum atomic E-state index is 12.6. The summed E-state index contributed by atoms with van der Waals surface area (Å²) in [5, 5.41) is 2.93. The lowest BCUT2D eigenvalue weighted by Gasteiger charge is -2.14.